The van der Waals surface area contributed by atoms with Gasteiger partial charge in [0, 0.05) is 16.8 Å². The first-order chi connectivity index (χ1) is 14.1. The maximum Gasteiger partial charge on any atom is 0.278 e. The molecule has 29 heavy (non-hydrogen) atoms. The summed E-state index contributed by atoms with van der Waals surface area (Å²) in [5.74, 6) is 2.00. The van der Waals surface area contributed by atoms with Gasteiger partial charge in [0.25, 0.3) is 5.89 Å². The number of rotatable bonds is 6. The van der Waals surface area contributed by atoms with Gasteiger partial charge in [-0.25, -0.2) is 0 Å². The van der Waals surface area contributed by atoms with Gasteiger partial charge >= 0.3 is 0 Å². The molecule has 8 heteroatoms. The van der Waals surface area contributed by atoms with E-state index in [9.17, 15) is 4.79 Å². The Morgan fingerprint density at radius 3 is 2.55 bits per heavy atom. The van der Waals surface area contributed by atoms with Crippen LogP contribution in [-0.2, 0) is 0 Å². The highest BCUT2D eigenvalue weighted by molar-refractivity contribution is 5.95. The Morgan fingerprint density at radius 2 is 1.86 bits per heavy atom. The normalized spacial score (nSPS) is 10.6. The third-order valence-corrected chi connectivity index (χ3v) is 4.20. The lowest BCUT2D eigenvalue weighted by atomic mass is 10.1. The lowest BCUT2D eigenvalue weighted by molar-refractivity contribution is 0.101. The maximum absolute atomic E-state index is 11.5. The van der Waals surface area contributed by atoms with Gasteiger partial charge in [-0.15, -0.1) is 10.2 Å². The number of carbonyl (C=O) groups excluding carboxylic acids is 1. The average molecular weight is 387 g/mol. The number of carbonyl (C=O) groups is 1. The van der Waals surface area contributed by atoms with Crippen molar-refractivity contribution in [1.29, 1.82) is 0 Å². The van der Waals surface area contributed by atoms with Gasteiger partial charge in [-0.05, 0) is 55.5 Å². The van der Waals surface area contributed by atoms with E-state index < -0.39 is 0 Å². The van der Waals surface area contributed by atoms with E-state index in [2.05, 4.69) is 25.7 Å². The van der Waals surface area contributed by atoms with Crippen molar-refractivity contribution in [2.45, 2.75) is 6.92 Å². The van der Waals surface area contributed by atoms with Crippen LogP contribution in [0.3, 0.4) is 0 Å². The molecule has 2 aromatic carbocycles. The largest absolute Gasteiger partial charge is 0.497 e. The summed E-state index contributed by atoms with van der Waals surface area (Å²) < 4.78 is 10.5. The highest BCUT2D eigenvalue weighted by atomic mass is 16.5. The predicted octanol–water partition coefficient (Wildman–Crippen LogP) is 4.15. The van der Waals surface area contributed by atoms with E-state index in [-0.39, 0.29) is 11.7 Å². The summed E-state index contributed by atoms with van der Waals surface area (Å²) in [7, 11) is 1.61. The molecular formula is C21H17N5O3. The molecule has 0 aliphatic rings. The topological polar surface area (TPSA) is 103 Å². The molecule has 4 aromatic rings. The summed E-state index contributed by atoms with van der Waals surface area (Å²) >= 11 is 0. The average Bonchev–Trinajstić information content (AvgIpc) is 3.25. The number of Topliss-reactive ketones (excluding diaryl/α,β-unsaturated/α-hetero) is 1. The van der Waals surface area contributed by atoms with Crippen molar-refractivity contribution in [3.8, 4) is 28.7 Å². The molecule has 0 bridgehead atoms. The van der Waals surface area contributed by atoms with Crippen LogP contribution in [0.25, 0.3) is 23.0 Å². The number of anilines is 2. The van der Waals surface area contributed by atoms with Crippen molar-refractivity contribution in [1.82, 2.24) is 20.3 Å². The van der Waals surface area contributed by atoms with Crippen molar-refractivity contribution in [3.63, 3.8) is 0 Å². The molecule has 0 fully saturated rings. The summed E-state index contributed by atoms with van der Waals surface area (Å²) in [6.45, 7) is 1.53. The Balaban J connectivity index is 1.50. The molecule has 1 N–H and O–H groups in total. The maximum atomic E-state index is 11.5. The van der Waals surface area contributed by atoms with Gasteiger partial charge in [0.2, 0.25) is 5.82 Å². The van der Waals surface area contributed by atoms with Crippen LogP contribution >= 0.6 is 0 Å². The van der Waals surface area contributed by atoms with Crippen LogP contribution < -0.4 is 10.1 Å². The zero-order valence-corrected chi connectivity index (χ0v) is 15.8. The SMILES string of the molecule is COc1ccc(-c2noc(-c3ccc(Nc4cccc(C(C)=O)c4)nn3)n2)cc1. The second-order valence-electron chi connectivity index (χ2n) is 6.22. The zero-order chi connectivity index (χ0) is 20.2. The van der Waals surface area contributed by atoms with Crippen LogP contribution in [0.4, 0.5) is 11.5 Å². The Hall–Kier alpha value is -4.07. The molecule has 4 rings (SSSR count). The van der Waals surface area contributed by atoms with Crippen molar-refractivity contribution in [3.05, 3.63) is 66.2 Å². The first-order valence-corrected chi connectivity index (χ1v) is 8.82. The Kier molecular flexibility index (Phi) is 4.98. The summed E-state index contributed by atoms with van der Waals surface area (Å²) in [5.41, 5.74) is 2.63. The molecule has 0 amide bonds. The molecule has 0 saturated carbocycles. The number of hydrogen-bond acceptors (Lipinski definition) is 8. The highest BCUT2D eigenvalue weighted by Gasteiger charge is 2.13. The van der Waals surface area contributed by atoms with E-state index in [0.717, 1.165) is 17.0 Å². The minimum atomic E-state index is -0.000796. The van der Waals surface area contributed by atoms with Gasteiger partial charge in [0.05, 0.1) is 7.11 Å². The number of nitrogens with one attached hydrogen (secondary N) is 1. The first kappa shape index (κ1) is 18.3. The number of methoxy groups -OCH3 is 1. The lowest BCUT2D eigenvalue weighted by Gasteiger charge is -2.06. The third-order valence-electron chi connectivity index (χ3n) is 4.20. The molecule has 0 radical (unpaired) electrons. The van der Waals surface area contributed by atoms with Gasteiger partial charge in [0.1, 0.15) is 5.75 Å². The van der Waals surface area contributed by atoms with E-state index in [1.807, 2.05) is 30.3 Å². The summed E-state index contributed by atoms with van der Waals surface area (Å²) in [6.07, 6.45) is 0. The third kappa shape index (κ3) is 4.11. The molecule has 0 spiro atoms. The molecule has 0 aliphatic heterocycles. The highest BCUT2D eigenvalue weighted by Crippen LogP contribution is 2.23. The molecule has 0 unspecified atom stereocenters. The number of aromatic nitrogens is 4. The number of ether oxygens (including phenoxy) is 1. The van der Waals surface area contributed by atoms with E-state index in [1.165, 1.54) is 6.92 Å². The summed E-state index contributed by atoms with van der Waals surface area (Å²) in [6, 6.07) is 18.0. The Labute approximate surface area is 166 Å². The molecule has 144 valence electrons. The van der Waals surface area contributed by atoms with Gasteiger partial charge in [-0.3, -0.25) is 4.79 Å². The number of ketones is 1. The number of nitrogens with zero attached hydrogens (tertiary/aromatic N) is 4. The van der Waals surface area contributed by atoms with E-state index in [4.69, 9.17) is 9.26 Å². The number of hydrogen-bond donors (Lipinski definition) is 1. The summed E-state index contributed by atoms with van der Waals surface area (Å²) in [4.78, 5) is 15.9. The van der Waals surface area contributed by atoms with Crippen LogP contribution in [0.15, 0.2) is 65.2 Å². The molecule has 0 aliphatic carbocycles. The second kappa shape index (κ2) is 7.89. The fourth-order valence-electron chi connectivity index (χ4n) is 2.66. The van der Waals surface area contributed by atoms with E-state index in [1.54, 1.807) is 37.4 Å². The molecule has 2 heterocycles. The van der Waals surface area contributed by atoms with Crippen LogP contribution in [0.5, 0.6) is 5.75 Å². The van der Waals surface area contributed by atoms with Gasteiger partial charge < -0.3 is 14.6 Å². The molecular weight excluding hydrogens is 370 g/mol. The Bertz CT molecular complexity index is 1140. The van der Waals surface area contributed by atoms with Crippen molar-refractivity contribution in [2.75, 3.05) is 12.4 Å². The van der Waals surface area contributed by atoms with Gasteiger partial charge in [-0.2, -0.15) is 4.98 Å². The lowest BCUT2D eigenvalue weighted by Crippen LogP contribution is -1.98. The molecule has 8 nitrogen and oxygen atoms in total. The van der Waals surface area contributed by atoms with Crippen LogP contribution in [0.2, 0.25) is 0 Å². The molecule has 0 saturated heterocycles. The quantitative estimate of drug-likeness (QED) is 0.492. The minimum absolute atomic E-state index is 0.000796. The van der Waals surface area contributed by atoms with Crippen molar-refractivity contribution in [2.24, 2.45) is 0 Å². The smallest absolute Gasteiger partial charge is 0.278 e. The summed E-state index contributed by atoms with van der Waals surface area (Å²) in [5, 5.41) is 15.4. The standard InChI is InChI=1S/C21H17N5O3/c1-13(27)15-4-3-5-16(12-15)22-19-11-10-18(24-25-19)21-23-20(26-29-21)14-6-8-17(28-2)9-7-14/h3-12H,1-2H3,(H,22,25). The minimum Gasteiger partial charge on any atom is -0.497 e. The first-order valence-electron chi connectivity index (χ1n) is 8.82. The Morgan fingerprint density at radius 1 is 1.03 bits per heavy atom. The van der Waals surface area contributed by atoms with Crippen LogP contribution in [0, 0.1) is 0 Å². The van der Waals surface area contributed by atoms with Crippen LogP contribution in [-0.4, -0.2) is 33.2 Å². The fourth-order valence-corrected chi connectivity index (χ4v) is 2.66. The monoisotopic (exact) mass is 387 g/mol. The van der Waals surface area contributed by atoms with Crippen LogP contribution in [0.1, 0.15) is 17.3 Å². The van der Waals surface area contributed by atoms with Crippen molar-refractivity contribution >= 4 is 17.3 Å². The molecule has 2 aromatic heterocycles. The van der Waals surface area contributed by atoms with E-state index in [0.29, 0.717) is 22.9 Å². The van der Waals surface area contributed by atoms with Gasteiger partial charge in [-0.1, -0.05) is 17.3 Å². The zero-order valence-electron chi connectivity index (χ0n) is 15.8. The van der Waals surface area contributed by atoms with Crippen molar-refractivity contribution < 1.29 is 14.1 Å². The van der Waals surface area contributed by atoms with E-state index >= 15 is 0 Å². The second-order valence-corrected chi connectivity index (χ2v) is 6.22. The number of benzene rings is 2. The van der Waals surface area contributed by atoms with Gasteiger partial charge in [0.15, 0.2) is 17.3 Å². The fraction of sp³-hybridized carbons (Fsp3) is 0.0952. The predicted molar refractivity (Wildman–Crippen MR) is 107 cm³/mol. The molecule has 0 atom stereocenters.